The Labute approximate surface area is 133 Å². The Morgan fingerprint density at radius 1 is 1.14 bits per heavy atom. The molecule has 1 aliphatic carbocycles. The number of nitrogens with zero attached hydrogens (tertiary/aromatic N) is 2. The zero-order valence-electron chi connectivity index (χ0n) is 13.4. The molecule has 118 valence electrons. The van der Waals surface area contributed by atoms with E-state index in [9.17, 15) is 0 Å². The number of benzene rings is 1. The molecule has 0 aromatic heterocycles. The highest BCUT2D eigenvalue weighted by atomic mass is 15.4. The van der Waals surface area contributed by atoms with E-state index in [1.165, 1.54) is 68.8 Å². The Balaban J connectivity index is 1.27. The second-order valence-corrected chi connectivity index (χ2v) is 7.56. The van der Waals surface area contributed by atoms with Crippen molar-refractivity contribution in [3.8, 4) is 0 Å². The van der Waals surface area contributed by atoms with Gasteiger partial charge in [-0.25, -0.2) is 0 Å². The van der Waals surface area contributed by atoms with Crippen LogP contribution in [0.5, 0.6) is 0 Å². The molecular weight excluding hydrogens is 270 g/mol. The molecule has 0 amide bonds. The number of nitrogens with two attached hydrogens (primary N) is 1. The van der Waals surface area contributed by atoms with Crippen LogP contribution in [0.4, 0.5) is 0 Å². The zero-order chi connectivity index (χ0) is 15.2. The monoisotopic (exact) mass is 297 g/mol. The minimum Gasteiger partial charge on any atom is -0.359 e. The average molecular weight is 297 g/mol. The van der Waals surface area contributed by atoms with E-state index in [4.69, 9.17) is 5.73 Å². The normalized spacial score (nSPS) is 23.0. The van der Waals surface area contributed by atoms with E-state index in [0.717, 1.165) is 5.92 Å². The molecule has 0 radical (unpaired) electrons. The quantitative estimate of drug-likeness (QED) is 0.906. The van der Waals surface area contributed by atoms with E-state index in [1.807, 2.05) is 0 Å². The first-order chi connectivity index (χ1) is 10.7. The van der Waals surface area contributed by atoms with Crippen molar-refractivity contribution in [2.45, 2.75) is 32.2 Å². The summed E-state index contributed by atoms with van der Waals surface area (Å²) in [6, 6.07) is 8.67. The van der Waals surface area contributed by atoms with Gasteiger partial charge in [0.05, 0.1) is 5.82 Å². The second kappa shape index (κ2) is 5.31. The Morgan fingerprint density at radius 2 is 1.82 bits per heavy atom. The van der Waals surface area contributed by atoms with Gasteiger partial charge in [0.15, 0.2) is 0 Å². The molecule has 2 aliphatic heterocycles. The fourth-order valence-corrected chi connectivity index (χ4v) is 4.55. The molecule has 2 N–H and O–H groups in total. The molecule has 1 spiro atoms. The summed E-state index contributed by atoms with van der Waals surface area (Å²) in [5, 5.41) is 0. The summed E-state index contributed by atoms with van der Waals surface area (Å²) >= 11 is 0. The first kappa shape index (κ1) is 14.1. The molecule has 0 atom stereocenters. The molecule has 4 rings (SSSR count). The van der Waals surface area contributed by atoms with Crippen molar-refractivity contribution >= 4 is 0 Å². The van der Waals surface area contributed by atoms with Gasteiger partial charge >= 0.3 is 0 Å². The van der Waals surface area contributed by atoms with Crippen molar-refractivity contribution in [1.29, 1.82) is 0 Å². The van der Waals surface area contributed by atoms with Crippen LogP contribution in [0.15, 0.2) is 36.7 Å². The van der Waals surface area contributed by atoms with Crippen LogP contribution in [-0.2, 0) is 13.0 Å². The largest absolute Gasteiger partial charge is 0.359 e. The predicted octanol–water partition coefficient (Wildman–Crippen LogP) is 2.58. The Hall–Kier alpha value is -1.48. The minimum absolute atomic E-state index is 0.607. The number of hydrogen-bond donors (Lipinski definition) is 1. The first-order valence-corrected chi connectivity index (χ1v) is 8.65. The van der Waals surface area contributed by atoms with Gasteiger partial charge in [0.25, 0.3) is 0 Å². The molecule has 1 saturated carbocycles. The standard InChI is InChI=1S/C19H27N3/c1-15(21-7-4-8-21)22-13-19(14-22)10-16(11-19)9-17-5-2-3-6-18(17)12-20/h2-3,5-6,16H,1,4,7-14,20H2. The lowest BCUT2D eigenvalue weighted by Crippen LogP contribution is -2.63. The summed E-state index contributed by atoms with van der Waals surface area (Å²) in [6.45, 7) is 9.82. The van der Waals surface area contributed by atoms with Crippen molar-refractivity contribution in [1.82, 2.24) is 9.80 Å². The molecule has 3 heteroatoms. The van der Waals surface area contributed by atoms with Gasteiger partial charge in [-0.15, -0.1) is 0 Å². The van der Waals surface area contributed by atoms with E-state index in [2.05, 4.69) is 40.6 Å². The van der Waals surface area contributed by atoms with E-state index < -0.39 is 0 Å². The SMILES string of the molecule is C=C(N1CCC1)N1CC2(CC(Cc3ccccc3CN)C2)C1. The lowest BCUT2D eigenvalue weighted by atomic mass is 9.56. The van der Waals surface area contributed by atoms with Crippen molar-refractivity contribution in [3.63, 3.8) is 0 Å². The number of rotatable bonds is 5. The van der Waals surface area contributed by atoms with Crippen molar-refractivity contribution in [3.05, 3.63) is 47.8 Å². The maximum Gasteiger partial charge on any atom is 0.0965 e. The van der Waals surface area contributed by atoms with Crippen molar-refractivity contribution in [2.24, 2.45) is 17.1 Å². The molecular formula is C19H27N3. The molecule has 3 nitrogen and oxygen atoms in total. The van der Waals surface area contributed by atoms with Gasteiger partial charge in [-0.2, -0.15) is 0 Å². The Bertz CT molecular complexity index is 562. The van der Waals surface area contributed by atoms with Crippen LogP contribution in [-0.4, -0.2) is 36.0 Å². The van der Waals surface area contributed by atoms with Crippen molar-refractivity contribution < 1.29 is 0 Å². The molecule has 2 saturated heterocycles. The van der Waals surface area contributed by atoms with Crippen molar-refractivity contribution in [2.75, 3.05) is 26.2 Å². The molecule has 22 heavy (non-hydrogen) atoms. The van der Waals surface area contributed by atoms with Crippen LogP contribution in [0.1, 0.15) is 30.4 Å². The first-order valence-electron chi connectivity index (χ1n) is 8.65. The van der Waals surface area contributed by atoms with E-state index >= 15 is 0 Å². The summed E-state index contributed by atoms with van der Waals surface area (Å²) in [4.78, 5) is 4.91. The molecule has 2 heterocycles. The summed E-state index contributed by atoms with van der Waals surface area (Å²) in [6.07, 6.45) is 5.31. The third-order valence-electron chi connectivity index (χ3n) is 5.93. The molecule has 1 aromatic carbocycles. The van der Waals surface area contributed by atoms with Gasteiger partial charge in [0.1, 0.15) is 0 Å². The summed E-state index contributed by atoms with van der Waals surface area (Å²) in [5.74, 6) is 2.13. The van der Waals surface area contributed by atoms with Crippen LogP contribution in [0, 0.1) is 11.3 Å². The lowest BCUT2D eigenvalue weighted by Gasteiger charge is -2.61. The zero-order valence-corrected chi connectivity index (χ0v) is 13.4. The minimum atomic E-state index is 0.607. The predicted molar refractivity (Wildman–Crippen MR) is 90.1 cm³/mol. The van der Waals surface area contributed by atoms with Crippen LogP contribution < -0.4 is 5.73 Å². The topological polar surface area (TPSA) is 32.5 Å². The van der Waals surface area contributed by atoms with Gasteiger partial charge in [-0.1, -0.05) is 30.8 Å². The van der Waals surface area contributed by atoms with Gasteiger partial charge in [-0.3, -0.25) is 0 Å². The molecule has 0 bridgehead atoms. The van der Waals surface area contributed by atoms with E-state index in [0.29, 0.717) is 12.0 Å². The smallest absolute Gasteiger partial charge is 0.0965 e. The molecule has 0 unspecified atom stereocenters. The summed E-state index contributed by atoms with van der Waals surface area (Å²) < 4.78 is 0. The Morgan fingerprint density at radius 3 is 2.41 bits per heavy atom. The molecule has 3 aliphatic rings. The summed E-state index contributed by atoms with van der Waals surface area (Å²) in [7, 11) is 0. The molecule has 1 aromatic rings. The van der Waals surface area contributed by atoms with E-state index in [-0.39, 0.29) is 0 Å². The maximum absolute atomic E-state index is 5.85. The van der Waals surface area contributed by atoms with Crippen LogP contribution >= 0.6 is 0 Å². The number of hydrogen-bond acceptors (Lipinski definition) is 3. The van der Waals surface area contributed by atoms with Crippen LogP contribution in [0.2, 0.25) is 0 Å². The molecule has 3 fully saturated rings. The third-order valence-corrected chi connectivity index (χ3v) is 5.93. The lowest BCUT2D eigenvalue weighted by molar-refractivity contribution is -0.0920. The second-order valence-electron chi connectivity index (χ2n) is 7.56. The van der Waals surface area contributed by atoms with Crippen LogP contribution in [0.25, 0.3) is 0 Å². The van der Waals surface area contributed by atoms with Gasteiger partial charge in [0.2, 0.25) is 0 Å². The third kappa shape index (κ3) is 2.32. The Kier molecular flexibility index (Phi) is 3.41. The number of likely N-dealkylation sites (tertiary alicyclic amines) is 2. The van der Waals surface area contributed by atoms with Gasteiger partial charge < -0.3 is 15.5 Å². The highest BCUT2D eigenvalue weighted by Gasteiger charge is 2.52. The van der Waals surface area contributed by atoms with Gasteiger partial charge in [-0.05, 0) is 42.7 Å². The fourth-order valence-electron chi connectivity index (χ4n) is 4.55. The average Bonchev–Trinajstić information content (AvgIpc) is 2.38. The van der Waals surface area contributed by atoms with Gasteiger partial charge in [0, 0.05) is 38.1 Å². The van der Waals surface area contributed by atoms with Crippen LogP contribution in [0.3, 0.4) is 0 Å². The summed E-state index contributed by atoms with van der Waals surface area (Å²) in [5.41, 5.74) is 9.25. The fraction of sp³-hybridized carbons (Fsp3) is 0.579. The highest BCUT2D eigenvalue weighted by molar-refractivity contribution is 5.28. The maximum atomic E-state index is 5.85. The van der Waals surface area contributed by atoms with E-state index in [1.54, 1.807) is 0 Å². The highest BCUT2D eigenvalue weighted by Crippen LogP contribution is 2.54.